The Hall–Kier alpha value is -2.54. The minimum atomic E-state index is -2.86. The molecular weight excluding hydrogens is 374 g/mol. The van der Waals surface area contributed by atoms with E-state index in [2.05, 4.69) is 21.7 Å². The molecule has 0 spiro atoms. The van der Waals surface area contributed by atoms with Crippen LogP contribution in [0.2, 0.25) is 0 Å². The van der Waals surface area contributed by atoms with E-state index in [1.807, 2.05) is 49.4 Å². The van der Waals surface area contributed by atoms with Crippen LogP contribution in [0.3, 0.4) is 0 Å². The largest absolute Gasteiger partial charge is 0.457 e. The summed E-state index contributed by atoms with van der Waals surface area (Å²) in [6.07, 6.45) is 0.708. The van der Waals surface area contributed by atoms with Crippen LogP contribution < -0.4 is 15.4 Å². The van der Waals surface area contributed by atoms with Gasteiger partial charge in [0.1, 0.15) is 11.5 Å². The van der Waals surface area contributed by atoms with Crippen molar-refractivity contribution >= 4 is 15.8 Å². The summed E-state index contributed by atoms with van der Waals surface area (Å²) < 4.78 is 29.2. The fourth-order valence-electron chi connectivity index (χ4n) is 3.19. The molecule has 7 heteroatoms. The number of hydrogen-bond donors (Lipinski definition) is 2. The third-order valence-corrected chi connectivity index (χ3v) is 6.59. The van der Waals surface area contributed by atoms with Crippen LogP contribution in [-0.2, 0) is 16.4 Å². The first kappa shape index (κ1) is 20.2. The highest BCUT2D eigenvalue weighted by Gasteiger charge is 2.27. The molecule has 0 saturated carbocycles. The van der Waals surface area contributed by atoms with Gasteiger partial charge in [0.2, 0.25) is 0 Å². The summed E-state index contributed by atoms with van der Waals surface area (Å²) in [5.41, 5.74) is 2.14. The van der Waals surface area contributed by atoms with Gasteiger partial charge in [0, 0.05) is 25.7 Å². The van der Waals surface area contributed by atoms with Crippen LogP contribution in [0.4, 0.5) is 0 Å². The highest BCUT2D eigenvalue weighted by Crippen LogP contribution is 2.26. The Bertz CT molecular complexity index is 927. The van der Waals surface area contributed by atoms with Crippen LogP contribution in [-0.4, -0.2) is 39.5 Å². The maximum Gasteiger partial charge on any atom is 0.191 e. The molecule has 6 nitrogen and oxygen atoms in total. The molecule has 1 aliphatic heterocycles. The highest BCUT2D eigenvalue weighted by atomic mass is 32.2. The summed E-state index contributed by atoms with van der Waals surface area (Å²) in [5.74, 6) is 2.92. The number of rotatable bonds is 6. The first-order valence-electron chi connectivity index (χ1n) is 9.42. The van der Waals surface area contributed by atoms with E-state index in [9.17, 15) is 8.42 Å². The van der Waals surface area contributed by atoms with Gasteiger partial charge in [-0.25, -0.2) is 8.42 Å². The lowest BCUT2D eigenvalue weighted by atomic mass is 10.1. The van der Waals surface area contributed by atoms with Gasteiger partial charge < -0.3 is 15.4 Å². The molecule has 1 fully saturated rings. The molecular formula is C21H27N3O3S. The third kappa shape index (κ3) is 5.73. The summed E-state index contributed by atoms with van der Waals surface area (Å²) in [5, 5.41) is 6.52. The molecule has 2 aromatic rings. The summed E-state index contributed by atoms with van der Waals surface area (Å²) in [4.78, 5) is 4.24. The Labute approximate surface area is 167 Å². The maximum absolute atomic E-state index is 11.6. The molecule has 0 radical (unpaired) electrons. The molecule has 1 unspecified atom stereocenters. The van der Waals surface area contributed by atoms with Gasteiger partial charge in [0.15, 0.2) is 15.8 Å². The number of nitrogens with one attached hydrogen (secondary N) is 2. The number of hydrogen-bond acceptors (Lipinski definition) is 4. The monoisotopic (exact) mass is 401 g/mol. The number of ether oxygens (including phenoxy) is 1. The number of nitrogens with zero attached hydrogens (tertiary/aromatic N) is 1. The van der Waals surface area contributed by atoms with Gasteiger partial charge in [0.05, 0.1) is 11.5 Å². The number of aliphatic imine (C=N–C) groups is 1. The van der Waals surface area contributed by atoms with Crippen molar-refractivity contribution in [2.75, 3.05) is 25.1 Å². The van der Waals surface area contributed by atoms with Crippen LogP contribution in [0.5, 0.6) is 11.5 Å². The zero-order valence-corrected chi connectivity index (χ0v) is 17.1. The molecule has 2 N–H and O–H groups in total. The van der Waals surface area contributed by atoms with Gasteiger partial charge >= 0.3 is 0 Å². The first-order chi connectivity index (χ1) is 13.4. The van der Waals surface area contributed by atoms with Gasteiger partial charge in [-0.1, -0.05) is 30.3 Å². The van der Waals surface area contributed by atoms with Crippen LogP contribution in [0.1, 0.15) is 17.5 Å². The zero-order valence-electron chi connectivity index (χ0n) is 16.3. The Balaban J connectivity index is 1.59. The van der Waals surface area contributed by atoms with E-state index >= 15 is 0 Å². The second kappa shape index (κ2) is 9.10. The fraction of sp³-hybridized carbons (Fsp3) is 0.381. The Morgan fingerprint density at radius 2 is 1.96 bits per heavy atom. The lowest BCUT2D eigenvalue weighted by Crippen LogP contribution is -2.39. The molecule has 0 aromatic heterocycles. The molecule has 28 heavy (non-hydrogen) atoms. The predicted molar refractivity (Wildman–Crippen MR) is 113 cm³/mol. The van der Waals surface area contributed by atoms with Crippen molar-refractivity contribution in [3.8, 4) is 11.5 Å². The van der Waals surface area contributed by atoms with Gasteiger partial charge in [-0.2, -0.15) is 0 Å². The van der Waals surface area contributed by atoms with E-state index in [4.69, 9.17) is 4.74 Å². The van der Waals surface area contributed by atoms with Crippen LogP contribution in [0, 0.1) is 12.8 Å². The maximum atomic E-state index is 11.6. The second-order valence-electron chi connectivity index (χ2n) is 7.10. The number of benzene rings is 2. The average molecular weight is 402 g/mol. The Kier molecular flexibility index (Phi) is 6.57. The predicted octanol–water partition coefficient (Wildman–Crippen LogP) is 2.89. The van der Waals surface area contributed by atoms with Gasteiger partial charge in [-0.3, -0.25) is 4.99 Å². The smallest absolute Gasteiger partial charge is 0.191 e. The van der Waals surface area contributed by atoms with Gasteiger partial charge in [-0.15, -0.1) is 0 Å². The van der Waals surface area contributed by atoms with E-state index < -0.39 is 9.84 Å². The Morgan fingerprint density at radius 3 is 2.64 bits per heavy atom. The number of aryl methyl sites for hydroxylation is 1. The lowest BCUT2D eigenvalue weighted by molar-refractivity contribution is 0.474. The minimum Gasteiger partial charge on any atom is -0.457 e. The van der Waals surface area contributed by atoms with Crippen molar-refractivity contribution < 1.29 is 13.2 Å². The minimum absolute atomic E-state index is 0.139. The summed E-state index contributed by atoms with van der Waals surface area (Å²) in [7, 11) is -1.16. The van der Waals surface area contributed by atoms with Crippen LogP contribution in [0.15, 0.2) is 53.5 Å². The molecule has 0 amide bonds. The summed E-state index contributed by atoms with van der Waals surface area (Å²) in [6, 6.07) is 15.8. The number of para-hydroxylation sites is 1. The lowest BCUT2D eigenvalue weighted by Gasteiger charge is -2.16. The van der Waals surface area contributed by atoms with Crippen LogP contribution in [0.25, 0.3) is 0 Å². The first-order valence-corrected chi connectivity index (χ1v) is 11.2. The highest BCUT2D eigenvalue weighted by molar-refractivity contribution is 7.91. The molecule has 1 aliphatic rings. The summed E-state index contributed by atoms with van der Waals surface area (Å²) >= 11 is 0. The molecule has 0 aliphatic carbocycles. The SMILES string of the molecule is CN=C(NCc1ccc(C)cc1Oc1ccccc1)NCC1CCS(=O)(=O)C1. The molecule has 3 rings (SSSR count). The topological polar surface area (TPSA) is 79.8 Å². The van der Waals surface area contributed by atoms with Crippen molar-refractivity contribution in [3.05, 3.63) is 59.7 Å². The molecule has 1 heterocycles. The van der Waals surface area contributed by atoms with Crippen molar-refractivity contribution in [1.29, 1.82) is 0 Å². The van der Waals surface area contributed by atoms with E-state index in [1.165, 1.54) is 0 Å². The average Bonchev–Trinajstić information content (AvgIpc) is 3.03. The van der Waals surface area contributed by atoms with Gasteiger partial charge in [-0.05, 0) is 43.0 Å². The van der Waals surface area contributed by atoms with Crippen molar-refractivity contribution in [2.24, 2.45) is 10.9 Å². The second-order valence-corrected chi connectivity index (χ2v) is 9.33. The number of sulfone groups is 1. The quantitative estimate of drug-likeness (QED) is 0.575. The van der Waals surface area contributed by atoms with E-state index in [0.717, 1.165) is 22.6 Å². The van der Waals surface area contributed by atoms with Gasteiger partial charge in [0.25, 0.3) is 0 Å². The Morgan fingerprint density at radius 1 is 1.18 bits per heavy atom. The molecule has 1 saturated heterocycles. The molecule has 2 aromatic carbocycles. The molecule has 0 bridgehead atoms. The van der Waals surface area contributed by atoms with Crippen molar-refractivity contribution in [2.45, 2.75) is 19.9 Å². The fourth-order valence-corrected chi connectivity index (χ4v) is 5.05. The van der Waals surface area contributed by atoms with Crippen molar-refractivity contribution in [3.63, 3.8) is 0 Å². The van der Waals surface area contributed by atoms with Crippen molar-refractivity contribution in [1.82, 2.24) is 10.6 Å². The van der Waals surface area contributed by atoms with E-state index in [1.54, 1.807) is 7.05 Å². The zero-order chi connectivity index (χ0) is 20.0. The molecule has 1 atom stereocenters. The molecule has 150 valence electrons. The standard InChI is InChI=1S/C21H27N3O3S/c1-16-8-9-18(20(12-16)27-19-6-4-3-5-7-19)14-24-21(22-2)23-13-17-10-11-28(25,26)15-17/h3-9,12,17H,10-11,13-15H2,1-2H3,(H2,22,23,24). The van der Waals surface area contributed by atoms with Crippen LogP contribution >= 0.6 is 0 Å². The van der Waals surface area contributed by atoms with E-state index in [0.29, 0.717) is 25.5 Å². The number of guanidine groups is 1. The normalized spacial score (nSPS) is 18.6. The van der Waals surface area contributed by atoms with E-state index in [-0.39, 0.29) is 17.4 Å². The summed E-state index contributed by atoms with van der Waals surface area (Å²) in [6.45, 7) is 3.18. The third-order valence-electron chi connectivity index (χ3n) is 4.75.